The number of nitrogens with zero attached hydrogens (tertiary/aromatic N) is 1. The molecule has 10 nitrogen and oxygen atoms in total. The molecule has 0 saturated carbocycles. The normalized spacial score (nSPS) is 11.6. The van der Waals surface area contributed by atoms with Crippen molar-refractivity contribution in [1.82, 2.24) is 4.90 Å². The first-order chi connectivity index (χ1) is 12.2. The van der Waals surface area contributed by atoms with Crippen LogP contribution in [0.25, 0.3) is 0 Å². The molecule has 0 radical (unpaired) electrons. The summed E-state index contributed by atoms with van der Waals surface area (Å²) in [6.45, 7) is 3.55. The summed E-state index contributed by atoms with van der Waals surface area (Å²) in [5.74, 6) is -1.98. The molecular formula is C15H20IN3O7S. The summed E-state index contributed by atoms with van der Waals surface area (Å²) >= 11 is 1.81. The zero-order valence-electron chi connectivity index (χ0n) is 14.9. The van der Waals surface area contributed by atoms with E-state index < -0.39 is 46.7 Å². The van der Waals surface area contributed by atoms with Crippen molar-refractivity contribution in [1.29, 1.82) is 0 Å². The lowest BCUT2D eigenvalue weighted by atomic mass is 10.2. The molecule has 0 aliphatic carbocycles. The Bertz CT molecular complexity index is 849. The first-order valence-electron chi connectivity index (χ1n) is 7.51. The van der Waals surface area contributed by atoms with E-state index in [1.54, 1.807) is 20.8 Å². The number of carbonyl (C=O) groups excluding carboxylic acids is 2. The van der Waals surface area contributed by atoms with E-state index in [0.29, 0.717) is 3.57 Å². The van der Waals surface area contributed by atoms with Crippen molar-refractivity contribution in [3.8, 4) is 0 Å². The molecule has 27 heavy (non-hydrogen) atoms. The topological polar surface area (TPSA) is 156 Å². The van der Waals surface area contributed by atoms with Crippen molar-refractivity contribution in [2.24, 2.45) is 5.14 Å². The van der Waals surface area contributed by atoms with Gasteiger partial charge in [-0.25, -0.2) is 18.4 Å². The molecule has 150 valence electrons. The number of hydrogen-bond acceptors (Lipinski definition) is 6. The van der Waals surface area contributed by atoms with Crippen LogP contribution in [0.5, 0.6) is 0 Å². The molecule has 0 heterocycles. The molecule has 0 unspecified atom stereocenters. The number of hydrogen-bond donors (Lipinski definition) is 3. The summed E-state index contributed by atoms with van der Waals surface area (Å²) in [4.78, 5) is 35.9. The van der Waals surface area contributed by atoms with Crippen molar-refractivity contribution in [3.63, 3.8) is 0 Å². The summed E-state index contributed by atoms with van der Waals surface area (Å²) in [5.41, 5.74) is -0.573. The number of carbonyl (C=O) groups is 3. The molecule has 0 aromatic heterocycles. The van der Waals surface area contributed by atoms with Gasteiger partial charge in [-0.05, 0) is 61.6 Å². The minimum absolute atomic E-state index is 0.119. The van der Waals surface area contributed by atoms with Gasteiger partial charge in [0, 0.05) is 3.57 Å². The first kappa shape index (κ1) is 23.1. The fourth-order valence-corrected chi connectivity index (χ4v) is 3.21. The predicted octanol–water partition coefficient (Wildman–Crippen LogP) is 1.20. The van der Waals surface area contributed by atoms with Gasteiger partial charge in [0.2, 0.25) is 15.9 Å². The molecule has 1 rings (SSSR count). The zero-order chi connectivity index (χ0) is 21.0. The number of primary sulfonamides is 1. The monoisotopic (exact) mass is 513 g/mol. The van der Waals surface area contributed by atoms with Crippen LogP contribution in [0.1, 0.15) is 20.8 Å². The van der Waals surface area contributed by atoms with Gasteiger partial charge in [0.15, 0.2) is 0 Å². The highest BCUT2D eigenvalue weighted by molar-refractivity contribution is 14.1. The van der Waals surface area contributed by atoms with E-state index in [2.05, 4.69) is 5.32 Å². The van der Waals surface area contributed by atoms with Crippen LogP contribution in [0, 0.1) is 3.57 Å². The van der Waals surface area contributed by atoms with E-state index in [4.69, 9.17) is 15.0 Å². The number of nitrogens with one attached hydrogen (secondary N) is 1. The van der Waals surface area contributed by atoms with Gasteiger partial charge in [-0.2, -0.15) is 0 Å². The van der Waals surface area contributed by atoms with Gasteiger partial charge in [-0.15, -0.1) is 0 Å². The van der Waals surface area contributed by atoms with E-state index >= 15 is 0 Å². The quantitative estimate of drug-likeness (QED) is 0.483. The lowest BCUT2D eigenvalue weighted by Crippen LogP contribution is -2.43. The number of amides is 2. The summed E-state index contributed by atoms with van der Waals surface area (Å²) in [7, 11) is -3.88. The lowest BCUT2D eigenvalue weighted by molar-refractivity contribution is -0.138. The Morgan fingerprint density at radius 2 is 1.85 bits per heavy atom. The number of benzene rings is 1. The standard InChI is InChI=1S/C15H20IN3O7S/c1-15(2,3)26-14(23)19(8-13(21)22)7-12(20)18-11-5-4-9(6-10(11)16)27(17,24)25/h4-6H,7-8H2,1-3H3,(H,18,20)(H,21,22)(H2,17,24,25). The summed E-state index contributed by atoms with van der Waals surface area (Å²) in [6.07, 6.45) is -0.945. The third-order valence-corrected chi connectivity index (χ3v) is 4.66. The highest BCUT2D eigenvalue weighted by Crippen LogP contribution is 2.21. The second-order valence-electron chi connectivity index (χ2n) is 6.46. The van der Waals surface area contributed by atoms with Gasteiger partial charge in [0.25, 0.3) is 0 Å². The van der Waals surface area contributed by atoms with Crippen molar-refractivity contribution in [3.05, 3.63) is 21.8 Å². The number of carboxylic acid groups (broad SMARTS) is 1. The summed E-state index contributed by atoms with van der Waals surface area (Å²) in [6, 6.07) is 3.83. The Kier molecular flexibility index (Phi) is 7.57. The van der Waals surface area contributed by atoms with Crippen LogP contribution in [0.15, 0.2) is 23.1 Å². The Morgan fingerprint density at radius 1 is 1.26 bits per heavy atom. The number of anilines is 1. The predicted molar refractivity (Wildman–Crippen MR) is 105 cm³/mol. The zero-order valence-corrected chi connectivity index (χ0v) is 17.8. The van der Waals surface area contributed by atoms with Gasteiger partial charge in [0.1, 0.15) is 18.7 Å². The Hall–Kier alpha value is -1.93. The number of nitrogens with two attached hydrogens (primary N) is 1. The van der Waals surface area contributed by atoms with Gasteiger partial charge < -0.3 is 15.2 Å². The number of carboxylic acids is 1. The van der Waals surface area contributed by atoms with Crippen LogP contribution in [0.4, 0.5) is 10.5 Å². The number of rotatable bonds is 6. The van der Waals surface area contributed by atoms with E-state index in [1.165, 1.54) is 18.2 Å². The van der Waals surface area contributed by atoms with Crippen LogP contribution in [-0.2, 0) is 24.3 Å². The molecule has 12 heteroatoms. The molecule has 0 aliphatic rings. The van der Waals surface area contributed by atoms with Crippen molar-refractivity contribution >= 4 is 56.3 Å². The highest BCUT2D eigenvalue weighted by atomic mass is 127. The molecule has 4 N–H and O–H groups in total. The molecule has 2 amide bonds. The molecule has 1 aromatic rings. The number of halogens is 1. The molecule has 1 aromatic carbocycles. The molecule has 0 aliphatic heterocycles. The molecule has 0 fully saturated rings. The number of sulfonamides is 1. The van der Waals surface area contributed by atoms with Crippen LogP contribution in [-0.4, -0.2) is 55.1 Å². The molecule has 0 saturated heterocycles. The number of ether oxygens (including phenoxy) is 1. The third kappa shape index (κ3) is 8.09. The fraction of sp³-hybridized carbons (Fsp3) is 0.400. The Morgan fingerprint density at radius 3 is 2.30 bits per heavy atom. The Balaban J connectivity index is 2.90. The van der Waals surface area contributed by atoms with Gasteiger partial charge in [-0.1, -0.05) is 0 Å². The fourth-order valence-electron chi connectivity index (χ4n) is 1.81. The second-order valence-corrected chi connectivity index (χ2v) is 9.19. The van der Waals surface area contributed by atoms with Crippen LogP contribution in [0.3, 0.4) is 0 Å². The van der Waals surface area contributed by atoms with Gasteiger partial charge in [-0.3, -0.25) is 14.5 Å². The minimum atomic E-state index is -3.88. The maximum Gasteiger partial charge on any atom is 0.411 e. The smallest absolute Gasteiger partial charge is 0.411 e. The highest BCUT2D eigenvalue weighted by Gasteiger charge is 2.26. The average Bonchev–Trinajstić information content (AvgIpc) is 2.45. The summed E-state index contributed by atoms with van der Waals surface area (Å²) < 4.78 is 28.1. The maximum atomic E-state index is 12.2. The van der Waals surface area contributed by atoms with Crippen LogP contribution in [0.2, 0.25) is 0 Å². The maximum absolute atomic E-state index is 12.2. The van der Waals surface area contributed by atoms with Crippen molar-refractivity contribution in [2.75, 3.05) is 18.4 Å². The molecule has 0 bridgehead atoms. The minimum Gasteiger partial charge on any atom is -0.480 e. The first-order valence-corrected chi connectivity index (χ1v) is 10.1. The molecular weight excluding hydrogens is 493 g/mol. The Labute approximate surface area is 170 Å². The van der Waals surface area contributed by atoms with E-state index in [9.17, 15) is 22.8 Å². The van der Waals surface area contributed by atoms with E-state index in [-0.39, 0.29) is 10.6 Å². The van der Waals surface area contributed by atoms with E-state index in [0.717, 1.165) is 4.90 Å². The SMILES string of the molecule is CC(C)(C)OC(=O)N(CC(=O)O)CC(=O)Nc1ccc(S(N)(=O)=O)cc1I. The van der Waals surface area contributed by atoms with Crippen LogP contribution < -0.4 is 10.5 Å². The third-order valence-electron chi connectivity index (χ3n) is 2.86. The van der Waals surface area contributed by atoms with Crippen molar-refractivity contribution in [2.45, 2.75) is 31.3 Å². The number of aliphatic carboxylic acids is 1. The largest absolute Gasteiger partial charge is 0.480 e. The van der Waals surface area contributed by atoms with E-state index in [1.807, 2.05) is 22.6 Å². The second kappa shape index (κ2) is 8.84. The molecule has 0 spiro atoms. The average molecular weight is 513 g/mol. The molecule has 0 atom stereocenters. The van der Waals surface area contributed by atoms with Gasteiger partial charge in [0.05, 0.1) is 10.6 Å². The lowest BCUT2D eigenvalue weighted by Gasteiger charge is -2.26. The van der Waals surface area contributed by atoms with Gasteiger partial charge >= 0.3 is 12.1 Å². The van der Waals surface area contributed by atoms with Crippen LogP contribution >= 0.6 is 22.6 Å². The summed E-state index contributed by atoms with van der Waals surface area (Å²) in [5, 5.41) is 16.5. The van der Waals surface area contributed by atoms with Crippen molar-refractivity contribution < 1.29 is 32.6 Å².